The van der Waals surface area contributed by atoms with Crippen molar-refractivity contribution >= 4 is 26.6 Å². The number of sulfonamides is 1. The molecule has 28 heavy (non-hydrogen) atoms. The van der Waals surface area contributed by atoms with Crippen LogP contribution < -0.4 is 9.46 Å². The molecule has 0 aliphatic heterocycles. The van der Waals surface area contributed by atoms with Crippen LogP contribution >= 0.6 is 0 Å². The van der Waals surface area contributed by atoms with Crippen LogP contribution in [0.2, 0.25) is 0 Å². The van der Waals surface area contributed by atoms with Gasteiger partial charge in [-0.05, 0) is 68.1 Å². The third-order valence-electron chi connectivity index (χ3n) is 4.64. The summed E-state index contributed by atoms with van der Waals surface area (Å²) < 4.78 is 34.6. The van der Waals surface area contributed by atoms with Gasteiger partial charge in [0.2, 0.25) is 0 Å². The Bertz CT molecular complexity index is 1080. The topological polar surface area (TPSA) is 68.3 Å². The molecule has 5 nitrogen and oxygen atoms in total. The highest BCUT2D eigenvalue weighted by Crippen LogP contribution is 2.31. The van der Waals surface area contributed by atoms with Gasteiger partial charge in [-0.15, -0.1) is 0 Å². The smallest absolute Gasteiger partial charge is 0.262 e. The first-order valence-corrected chi connectivity index (χ1v) is 11.1. The molecule has 0 unspecified atom stereocenters. The van der Waals surface area contributed by atoms with E-state index in [1.165, 1.54) is 5.56 Å². The molecule has 2 aromatic carbocycles. The molecule has 0 saturated carbocycles. The van der Waals surface area contributed by atoms with Crippen LogP contribution in [0.3, 0.4) is 0 Å². The maximum Gasteiger partial charge on any atom is 0.262 e. The molecule has 0 saturated heterocycles. The molecule has 1 N–H and O–H groups in total. The highest BCUT2D eigenvalue weighted by Gasteiger charge is 2.20. The number of aryl methyl sites for hydroxylation is 2. The van der Waals surface area contributed by atoms with E-state index < -0.39 is 10.0 Å². The van der Waals surface area contributed by atoms with E-state index in [2.05, 4.69) is 16.6 Å². The van der Waals surface area contributed by atoms with E-state index in [1.807, 2.05) is 32.0 Å². The summed E-state index contributed by atoms with van der Waals surface area (Å²) in [4.78, 5) is 4.51. The summed E-state index contributed by atoms with van der Waals surface area (Å²) in [6.07, 6.45) is 4.88. The minimum absolute atomic E-state index is 0.188. The Morgan fingerprint density at radius 1 is 1.11 bits per heavy atom. The molecule has 0 aliphatic rings. The van der Waals surface area contributed by atoms with Gasteiger partial charge in [0, 0.05) is 11.6 Å². The normalized spacial score (nSPS) is 11.5. The molecule has 1 aromatic heterocycles. The lowest BCUT2D eigenvalue weighted by Crippen LogP contribution is -2.14. The maximum absolute atomic E-state index is 13.1. The molecule has 3 aromatic rings. The standard InChI is InChI=1S/C22H26N2O3S/c1-4-6-8-17-10-11-19(16(3)15-17)24-28(25,26)21-13-12-20(27-5-2)22-18(21)9-7-14-23-22/h7,9-15,24H,4-6,8H2,1-3H3. The number of hydrogen-bond acceptors (Lipinski definition) is 4. The number of nitrogens with one attached hydrogen (secondary N) is 1. The molecule has 148 valence electrons. The van der Waals surface area contributed by atoms with Gasteiger partial charge in [0.15, 0.2) is 0 Å². The van der Waals surface area contributed by atoms with E-state index in [4.69, 9.17) is 4.74 Å². The summed E-state index contributed by atoms with van der Waals surface area (Å²) in [5.41, 5.74) is 3.26. The Labute approximate surface area is 166 Å². The van der Waals surface area contributed by atoms with Crippen molar-refractivity contribution in [1.29, 1.82) is 0 Å². The van der Waals surface area contributed by atoms with Gasteiger partial charge in [-0.3, -0.25) is 9.71 Å². The van der Waals surface area contributed by atoms with Crippen LogP contribution in [0.15, 0.2) is 53.6 Å². The van der Waals surface area contributed by atoms with Crippen LogP contribution in [0.25, 0.3) is 10.9 Å². The average Bonchev–Trinajstić information content (AvgIpc) is 2.68. The van der Waals surface area contributed by atoms with Crippen LogP contribution in [-0.4, -0.2) is 20.0 Å². The molecule has 0 bridgehead atoms. The molecule has 0 aliphatic carbocycles. The van der Waals surface area contributed by atoms with Crippen molar-refractivity contribution in [3.63, 3.8) is 0 Å². The minimum atomic E-state index is -3.77. The highest BCUT2D eigenvalue weighted by atomic mass is 32.2. The summed E-state index contributed by atoms with van der Waals surface area (Å²) in [6.45, 7) is 6.45. The van der Waals surface area contributed by atoms with Crippen molar-refractivity contribution in [2.75, 3.05) is 11.3 Å². The number of anilines is 1. The third kappa shape index (κ3) is 4.28. The fourth-order valence-corrected chi connectivity index (χ4v) is 4.53. The molecule has 0 spiro atoms. The van der Waals surface area contributed by atoms with Gasteiger partial charge in [0.1, 0.15) is 11.3 Å². The molecular formula is C22H26N2O3S. The number of aromatic nitrogens is 1. The number of ether oxygens (including phenoxy) is 1. The first-order valence-electron chi connectivity index (χ1n) is 9.59. The van der Waals surface area contributed by atoms with Crippen molar-refractivity contribution in [3.8, 4) is 5.75 Å². The Hall–Kier alpha value is -2.60. The first kappa shape index (κ1) is 20.1. The highest BCUT2D eigenvalue weighted by molar-refractivity contribution is 7.93. The van der Waals surface area contributed by atoms with Crippen molar-refractivity contribution < 1.29 is 13.2 Å². The quantitative estimate of drug-likeness (QED) is 0.574. The average molecular weight is 399 g/mol. The van der Waals surface area contributed by atoms with Crippen LogP contribution in [0.5, 0.6) is 5.75 Å². The van der Waals surface area contributed by atoms with Crippen LogP contribution in [0, 0.1) is 6.92 Å². The van der Waals surface area contributed by atoms with Gasteiger partial charge in [-0.25, -0.2) is 8.42 Å². The van der Waals surface area contributed by atoms with Crippen molar-refractivity contribution in [2.24, 2.45) is 0 Å². The fourth-order valence-electron chi connectivity index (χ4n) is 3.20. The summed E-state index contributed by atoms with van der Waals surface area (Å²) in [6, 6.07) is 12.6. The first-order chi connectivity index (χ1) is 13.5. The molecule has 3 rings (SSSR count). The molecule has 6 heteroatoms. The molecule has 0 radical (unpaired) electrons. The van der Waals surface area contributed by atoms with E-state index in [-0.39, 0.29) is 4.90 Å². The second-order valence-corrected chi connectivity index (χ2v) is 8.40. The lowest BCUT2D eigenvalue weighted by molar-refractivity contribution is 0.343. The summed E-state index contributed by atoms with van der Waals surface area (Å²) in [7, 11) is -3.77. The number of fused-ring (bicyclic) bond motifs is 1. The zero-order valence-electron chi connectivity index (χ0n) is 16.5. The van der Waals surface area contributed by atoms with Crippen molar-refractivity contribution in [3.05, 3.63) is 59.8 Å². The van der Waals surface area contributed by atoms with Crippen molar-refractivity contribution in [2.45, 2.75) is 44.9 Å². The van der Waals surface area contributed by atoms with Gasteiger partial charge in [-0.2, -0.15) is 0 Å². The fraction of sp³-hybridized carbons (Fsp3) is 0.318. The van der Waals surface area contributed by atoms with Crippen LogP contribution in [0.1, 0.15) is 37.8 Å². The Balaban J connectivity index is 1.97. The number of unbranched alkanes of at least 4 members (excludes halogenated alkanes) is 1. The molecule has 0 amide bonds. The van der Waals surface area contributed by atoms with E-state index >= 15 is 0 Å². The van der Waals surface area contributed by atoms with E-state index in [1.54, 1.807) is 30.5 Å². The largest absolute Gasteiger partial charge is 0.492 e. The Morgan fingerprint density at radius 3 is 2.64 bits per heavy atom. The van der Waals surface area contributed by atoms with Gasteiger partial charge < -0.3 is 4.74 Å². The SMILES string of the molecule is CCCCc1ccc(NS(=O)(=O)c2ccc(OCC)c3ncccc23)c(C)c1. The monoisotopic (exact) mass is 398 g/mol. The van der Waals surface area contributed by atoms with Gasteiger partial charge >= 0.3 is 0 Å². The van der Waals surface area contributed by atoms with Crippen LogP contribution in [0.4, 0.5) is 5.69 Å². The zero-order valence-corrected chi connectivity index (χ0v) is 17.3. The Morgan fingerprint density at radius 2 is 1.93 bits per heavy atom. The van der Waals surface area contributed by atoms with Gasteiger partial charge in [0.05, 0.1) is 17.2 Å². The summed E-state index contributed by atoms with van der Waals surface area (Å²) in [5.74, 6) is 0.577. The molecule has 0 atom stereocenters. The lowest BCUT2D eigenvalue weighted by atomic mass is 10.1. The summed E-state index contributed by atoms with van der Waals surface area (Å²) >= 11 is 0. The van der Waals surface area contributed by atoms with Gasteiger partial charge in [-0.1, -0.05) is 25.5 Å². The zero-order chi connectivity index (χ0) is 20.1. The molecule has 0 fully saturated rings. The second kappa shape index (κ2) is 8.61. The van der Waals surface area contributed by atoms with E-state index in [0.29, 0.717) is 28.9 Å². The van der Waals surface area contributed by atoms with E-state index in [0.717, 1.165) is 24.8 Å². The second-order valence-electron chi connectivity index (χ2n) is 6.75. The Kier molecular flexibility index (Phi) is 6.19. The molecular weight excluding hydrogens is 372 g/mol. The number of rotatable bonds is 8. The summed E-state index contributed by atoms with van der Waals surface area (Å²) in [5, 5.41) is 0.540. The maximum atomic E-state index is 13.1. The number of hydrogen-bond donors (Lipinski definition) is 1. The number of nitrogens with zero attached hydrogens (tertiary/aromatic N) is 1. The van der Waals surface area contributed by atoms with Crippen LogP contribution in [-0.2, 0) is 16.4 Å². The minimum Gasteiger partial charge on any atom is -0.492 e. The number of pyridine rings is 1. The number of benzene rings is 2. The van der Waals surface area contributed by atoms with Gasteiger partial charge in [0.25, 0.3) is 10.0 Å². The van der Waals surface area contributed by atoms with E-state index in [9.17, 15) is 8.42 Å². The third-order valence-corrected chi connectivity index (χ3v) is 6.06. The molecule has 1 heterocycles. The van der Waals surface area contributed by atoms with Crippen molar-refractivity contribution in [1.82, 2.24) is 4.98 Å². The predicted octanol–water partition coefficient (Wildman–Crippen LogP) is 5.09. The lowest BCUT2D eigenvalue weighted by Gasteiger charge is -2.14. The predicted molar refractivity (Wildman–Crippen MR) is 114 cm³/mol.